The summed E-state index contributed by atoms with van der Waals surface area (Å²) < 4.78 is 0. The zero-order valence-electron chi connectivity index (χ0n) is 7.92. The third kappa shape index (κ3) is 1.63. The van der Waals surface area contributed by atoms with E-state index in [0.717, 1.165) is 0 Å². The van der Waals surface area contributed by atoms with Crippen molar-refractivity contribution in [1.82, 2.24) is 9.80 Å². The zero-order chi connectivity index (χ0) is 8.39. The summed E-state index contributed by atoms with van der Waals surface area (Å²) in [5.41, 5.74) is 1.61. The van der Waals surface area contributed by atoms with Crippen molar-refractivity contribution in [3.8, 4) is 0 Å². The summed E-state index contributed by atoms with van der Waals surface area (Å²) in [6.07, 6.45) is 6.43. The summed E-state index contributed by atoms with van der Waals surface area (Å²) in [6, 6.07) is 0. The van der Waals surface area contributed by atoms with Crippen molar-refractivity contribution in [1.29, 1.82) is 0 Å². The van der Waals surface area contributed by atoms with E-state index in [0.29, 0.717) is 0 Å². The van der Waals surface area contributed by atoms with Gasteiger partial charge in [0.15, 0.2) is 0 Å². The van der Waals surface area contributed by atoms with Crippen LogP contribution >= 0.6 is 0 Å². The normalized spacial score (nSPS) is 26.1. The van der Waals surface area contributed by atoms with E-state index in [9.17, 15) is 0 Å². The summed E-state index contributed by atoms with van der Waals surface area (Å²) in [6.45, 7) is 4.94. The van der Waals surface area contributed by atoms with Crippen LogP contribution in [0.15, 0.2) is 11.8 Å². The molecule has 0 bridgehead atoms. The fraction of sp³-hybridized carbons (Fsp3) is 0.800. The molecule has 0 spiro atoms. The topological polar surface area (TPSA) is 6.48 Å². The molecule has 0 saturated carbocycles. The van der Waals surface area contributed by atoms with Crippen molar-refractivity contribution in [2.45, 2.75) is 19.3 Å². The fourth-order valence-electron chi connectivity index (χ4n) is 2.03. The lowest BCUT2D eigenvalue weighted by Crippen LogP contribution is -2.43. The molecule has 2 heteroatoms. The van der Waals surface area contributed by atoms with E-state index in [4.69, 9.17) is 0 Å². The molecular formula is C10H18N2. The van der Waals surface area contributed by atoms with Crippen molar-refractivity contribution in [3.63, 3.8) is 0 Å². The SMILES string of the molecule is CN1CCN(C2=CCCC2)CC1. The molecule has 1 aliphatic heterocycles. The molecule has 0 aromatic carbocycles. The van der Waals surface area contributed by atoms with E-state index in [1.807, 2.05) is 0 Å². The molecule has 12 heavy (non-hydrogen) atoms. The van der Waals surface area contributed by atoms with Gasteiger partial charge in [-0.1, -0.05) is 6.08 Å². The van der Waals surface area contributed by atoms with E-state index in [2.05, 4.69) is 22.9 Å². The molecule has 0 aromatic rings. The predicted octanol–water partition coefficient (Wildman–Crippen LogP) is 1.30. The van der Waals surface area contributed by atoms with Gasteiger partial charge in [-0.25, -0.2) is 0 Å². The number of nitrogens with zero attached hydrogens (tertiary/aromatic N) is 2. The van der Waals surface area contributed by atoms with Crippen molar-refractivity contribution in [2.24, 2.45) is 0 Å². The van der Waals surface area contributed by atoms with Gasteiger partial charge in [-0.2, -0.15) is 0 Å². The number of hydrogen-bond donors (Lipinski definition) is 0. The number of likely N-dealkylation sites (N-methyl/N-ethyl adjacent to an activating group) is 1. The van der Waals surface area contributed by atoms with Gasteiger partial charge in [0.1, 0.15) is 0 Å². The van der Waals surface area contributed by atoms with Crippen molar-refractivity contribution in [3.05, 3.63) is 11.8 Å². The molecule has 0 amide bonds. The third-order valence-corrected chi connectivity index (χ3v) is 2.93. The van der Waals surface area contributed by atoms with Gasteiger partial charge in [0.25, 0.3) is 0 Å². The van der Waals surface area contributed by atoms with Gasteiger partial charge in [-0.3, -0.25) is 0 Å². The van der Waals surface area contributed by atoms with E-state index >= 15 is 0 Å². The monoisotopic (exact) mass is 166 g/mol. The second kappa shape index (κ2) is 3.48. The molecule has 2 aliphatic rings. The quantitative estimate of drug-likeness (QED) is 0.579. The standard InChI is InChI=1S/C10H18N2/c1-11-6-8-12(9-7-11)10-4-2-3-5-10/h4H,2-3,5-9H2,1H3. The zero-order valence-corrected chi connectivity index (χ0v) is 7.92. The molecule has 1 saturated heterocycles. The largest absolute Gasteiger partial charge is 0.373 e. The number of piperazine rings is 1. The van der Waals surface area contributed by atoms with Crippen molar-refractivity contribution < 1.29 is 0 Å². The third-order valence-electron chi connectivity index (χ3n) is 2.93. The smallest absolute Gasteiger partial charge is 0.0303 e. The minimum absolute atomic E-state index is 1.23. The minimum Gasteiger partial charge on any atom is -0.373 e. The van der Waals surface area contributed by atoms with Crippen LogP contribution in [-0.2, 0) is 0 Å². The fourth-order valence-corrected chi connectivity index (χ4v) is 2.03. The Morgan fingerprint density at radius 2 is 1.92 bits per heavy atom. The molecular weight excluding hydrogens is 148 g/mol. The summed E-state index contributed by atoms with van der Waals surface area (Å²) in [4.78, 5) is 4.97. The van der Waals surface area contributed by atoms with Gasteiger partial charge in [-0.05, 0) is 26.3 Å². The number of hydrogen-bond acceptors (Lipinski definition) is 2. The van der Waals surface area contributed by atoms with E-state index < -0.39 is 0 Å². The lowest BCUT2D eigenvalue weighted by atomic mass is 10.2. The van der Waals surface area contributed by atoms with Gasteiger partial charge in [-0.15, -0.1) is 0 Å². The van der Waals surface area contributed by atoms with Crippen LogP contribution in [0.4, 0.5) is 0 Å². The van der Waals surface area contributed by atoms with E-state index in [-0.39, 0.29) is 0 Å². The van der Waals surface area contributed by atoms with Crippen LogP contribution in [0.5, 0.6) is 0 Å². The summed E-state index contributed by atoms with van der Waals surface area (Å²) in [5.74, 6) is 0. The van der Waals surface area contributed by atoms with E-state index in [1.54, 1.807) is 5.70 Å². The summed E-state index contributed by atoms with van der Waals surface area (Å²) >= 11 is 0. The Morgan fingerprint density at radius 1 is 1.17 bits per heavy atom. The van der Waals surface area contributed by atoms with Crippen LogP contribution in [0.1, 0.15) is 19.3 Å². The Labute approximate surface area is 74.8 Å². The Morgan fingerprint density at radius 3 is 2.50 bits per heavy atom. The minimum atomic E-state index is 1.23. The van der Waals surface area contributed by atoms with Crippen molar-refractivity contribution >= 4 is 0 Å². The highest BCUT2D eigenvalue weighted by molar-refractivity contribution is 5.07. The molecule has 0 radical (unpaired) electrons. The van der Waals surface area contributed by atoms with Crippen LogP contribution in [0.25, 0.3) is 0 Å². The average Bonchev–Trinajstić information content (AvgIpc) is 2.58. The number of allylic oxidation sites excluding steroid dienone is 2. The molecule has 2 rings (SSSR count). The summed E-state index contributed by atoms with van der Waals surface area (Å²) in [7, 11) is 2.21. The van der Waals surface area contributed by atoms with Crippen LogP contribution in [0.3, 0.4) is 0 Å². The van der Waals surface area contributed by atoms with Gasteiger partial charge < -0.3 is 9.80 Å². The lowest BCUT2D eigenvalue weighted by molar-refractivity contribution is 0.184. The second-order valence-corrected chi connectivity index (χ2v) is 3.88. The molecule has 0 N–H and O–H groups in total. The maximum absolute atomic E-state index is 2.56. The first kappa shape index (κ1) is 8.11. The Balaban J connectivity index is 1.88. The van der Waals surface area contributed by atoms with Crippen LogP contribution in [-0.4, -0.2) is 43.0 Å². The maximum atomic E-state index is 2.56. The first-order chi connectivity index (χ1) is 5.86. The molecule has 68 valence electrons. The first-order valence-electron chi connectivity index (χ1n) is 4.99. The highest BCUT2D eigenvalue weighted by atomic mass is 15.2. The number of rotatable bonds is 1. The van der Waals surface area contributed by atoms with Crippen LogP contribution in [0, 0.1) is 0 Å². The predicted molar refractivity (Wildman–Crippen MR) is 51.0 cm³/mol. The highest BCUT2D eigenvalue weighted by Crippen LogP contribution is 2.22. The van der Waals surface area contributed by atoms with Crippen LogP contribution in [0.2, 0.25) is 0 Å². The van der Waals surface area contributed by atoms with Gasteiger partial charge in [0, 0.05) is 31.9 Å². The van der Waals surface area contributed by atoms with Gasteiger partial charge in [0.05, 0.1) is 0 Å². The Hall–Kier alpha value is -0.500. The first-order valence-corrected chi connectivity index (χ1v) is 4.99. The van der Waals surface area contributed by atoms with Crippen LogP contribution < -0.4 is 0 Å². The molecule has 0 aromatic heterocycles. The molecule has 1 heterocycles. The second-order valence-electron chi connectivity index (χ2n) is 3.88. The molecule has 1 aliphatic carbocycles. The van der Waals surface area contributed by atoms with E-state index in [1.165, 1.54) is 45.4 Å². The van der Waals surface area contributed by atoms with Gasteiger partial charge >= 0.3 is 0 Å². The maximum Gasteiger partial charge on any atom is 0.0303 e. The van der Waals surface area contributed by atoms with Crippen molar-refractivity contribution in [2.75, 3.05) is 33.2 Å². The molecule has 1 fully saturated rings. The molecule has 2 nitrogen and oxygen atoms in total. The Bertz CT molecular complexity index is 178. The lowest BCUT2D eigenvalue weighted by Gasteiger charge is -2.34. The summed E-state index contributed by atoms with van der Waals surface area (Å²) in [5, 5.41) is 0. The highest BCUT2D eigenvalue weighted by Gasteiger charge is 2.17. The molecule has 0 unspecified atom stereocenters. The molecule has 0 atom stereocenters. The Kier molecular flexibility index (Phi) is 2.35. The van der Waals surface area contributed by atoms with Gasteiger partial charge in [0.2, 0.25) is 0 Å². The average molecular weight is 166 g/mol.